The quantitative estimate of drug-likeness (QED) is 0.795. The molecule has 0 aliphatic carbocycles. The van der Waals surface area contributed by atoms with Gasteiger partial charge in [0.2, 0.25) is 5.91 Å². The van der Waals surface area contributed by atoms with Crippen LogP contribution in [0.2, 0.25) is 0 Å². The summed E-state index contributed by atoms with van der Waals surface area (Å²) in [5.74, 6) is 1.24. The van der Waals surface area contributed by atoms with Crippen LogP contribution >= 0.6 is 0 Å². The first-order valence-electron chi connectivity index (χ1n) is 7.55. The highest BCUT2D eigenvalue weighted by Crippen LogP contribution is 2.19. The Hall–Kier alpha value is -1.58. The third-order valence-electron chi connectivity index (χ3n) is 3.67. The van der Waals surface area contributed by atoms with Crippen LogP contribution in [0.1, 0.15) is 34.1 Å². The summed E-state index contributed by atoms with van der Waals surface area (Å²) < 4.78 is 18.6. The van der Waals surface area contributed by atoms with E-state index in [1.807, 2.05) is 0 Å². The summed E-state index contributed by atoms with van der Waals surface area (Å²) in [5, 5.41) is 2.93. The molecule has 0 saturated carbocycles. The van der Waals surface area contributed by atoms with Gasteiger partial charge in [-0.25, -0.2) is 4.39 Å². The van der Waals surface area contributed by atoms with E-state index in [1.54, 1.807) is 18.2 Å². The number of halogens is 1. The highest BCUT2D eigenvalue weighted by molar-refractivity contribution is 5.75. The Morgan fingerprint density at radius 1 is 1.19 bits per heavy atom. The minimum absolute atomic E-state index is 0.0577. The number of nitrogens with one attached hydrogen (secondary N) is 1. The van der Waals surface area contributed by atoms with E-state index in [0.717, 1.165) is 0 Å². The maximum absolute atomic E-state index is 13.3. The Morgan fingerprint density at radius 3 is 2.38 bits per heavy atom. The van der Waals surface area contributed by atoms with Gasteiger partial charge in [0.25, 0.3) is 0 Å². The number of rotatable bonds is 8. The normalized spacial score (nSPS) is 11.2. The van der Waals surface area contributed by atoms with Gasteiger partial charge in [0, 0.05) is 6.54 Å². The Balaban J connectivity index is 2.30. The van der Waals surface area contributed by atoms with Crippen LogP contribution in [0.5, 0.6) is 5.75 Å². The number of hydrogen-bond acceptors (Lipinski definition) is 2. The lowest BCUT2D eigenvalue weighted by atomic mass is 9.85. The zero-order valence-electron chi connectivity index (χ0n) is 13.4. The predicted octanol–water partition coefficient (Wildman–Crippen LogP) is 3.64. The first kappa shape index (κ1) is 17.5. The fourth-order valence-corrected chi connectivity index (χ4v) is 2.38. The van der Waals surface area contributed by atoms with E-state index in [4.69, 9.17) is 4.74 Å². The molecule has 0 saturated heterocycles. The highest BCUT2D eigenvalue weighted by atomic mass is 19.1. The Bertz CT molecular complexity index is 438. The number of para-hydroxylation sites is 1. The summed E-state index contributed by atoms with van der Waals surface area (Å²) >= 11 is 0. The van der Waals surface area contributed by atoms with Gasteiger partial charge in [0.1, 0.15) is 0 Å². The van der Waals surface area contributed by atoms with Crippen LogP contribution in [-0.4, -0.2) is 19.1 Å². The van der Waals surface area contributed by atoms with Crippen LogP contribution in [0, 0.1) is 23.6 Å². The summed E-state index contributed by atoms with van der Waals surface area (Å²) in [7, 11) is 0. The van der Waals surface area contributed by atoms with Crippen molar-refractivity contribution in [2.45, 2.75) is 34.1 Å². The number of benzene rings is 1. The van der Waals surface area contributed by atoms with Gasteiger partial charge < -0.3 is 10.1 Å². The largest absolute Gasteiger partial charge is 0.490 e. The van der Waals surface area contributed by atoms with Gasteiger partial charge in [0.15, 0.2) is 11.6 Å². The second-order valence-corrected chi connectivity index (χ2v) is 5.98. The van der Waals surface area contributed by atoms with Crippen LogP contribution in [0.4, 0.5) is 4.39 Å². The molecular weight excluding hydrogens is 269 g/mol. The standard InChI is InChI=1S/C17H26FNO2/c1-12(2)14(13(3)4)11-19-17(20)9-10-21-16-8-6-5-7-15(16)18/h5-8,12-14H,9-11H2,1-4H3,(H,19,20). The van der Waals surface area contributed by atoms with Crippen molar-refractivity contribution in [3.8, 4) is 5.75 Å². The molecule has 0 spiro atoms. The maximum atomic E-state index is 13.3. The third-order valence-corrected chi connectivity index (χ3v) is 3.67. The molecule has 21 heavy (non-hydrogen) atoms. The van der Waals surface area contributed by atoms with Gasteiger partial charge in [-0.1, -0.05) is 39.8 Å². The van der Waals surface area contributed by atoms with Crippen molar-refractivity contribution in [3.05, 3.63) is 30.1 Å². The lowest BCUT2D eigenvalue weighted by Crippen LogP contribution is -2.34. The summed E-state index contributed by atoms with van der Waals surface area (Å²) in [6.07, 6.45) is 0.233. The van der Waals surface area contributed by atoms with Gasteiger partial charge >= 0.3 is 0 Å². The van der Waals surface area contributed by atoms with Gasteiger partial charge in [-0.15, -0.1) is 0 Å². The van der Waals surface area contributed by atoms with Crippen molar-refractivity contribution in [2.75, 3.05) is 13.2 Å². The minimum atomic E-state index is -0.405. The van der Waals surface area contributed by atoms with Gasteiger partial charge in [-0.05, 0) is 29.9 Å². The van der Waals surface area contributed by atoms with Gasteiger partial charge in [0.05, 0.1) is 13.0 Å². The molecule has 0 radical (unpaired) electrons. The molecule has 0 aliphatic rings. The zero-order valence-corrected chi connectivity index (χ0v) is 13.4. The Morgan fingerprint density at radius 2 is 1.81 bits per heavy atom. The van der Waals surface area contributed by atoms with Crippen molar-refractivity contribution in [1.29, 1.82) is 0 Å². The van der Waals surface area contributed by atoms with Crippen molar-refractivity contribution in [2.24, 2.45) is 17.8 Å². The summed E-state index contributed by atoms with van der Waals surface area (Å²) in [6, 6.07) is 6.20. The van der Waals surface area contributed by atoms with Crippen LogP contribution in [-0.2, 0) is 4.79 Å². The molecule has 1 aromatic carbocycles. The SMILES string of the molecule is CC(C)C(CNC(=O)CCOc1ccccc1F)C(C)C. The van der Waals surface area contributed by atoms with E-state index >= 15 is 0 Å². The fourth-order valence-electron chi connectivity index (χ4n) is 2.38. The van der Waals surface area contributed by atoms with E-state index in [0.29, 0.717) is 24.3 Å². The summed E-state index contributed by atoms with van der Waals surface area (Å²) in [6.45, 7) is 9.51. The molecule has 118 valence electrons. The lowest BCUT2D eigenvalue weighted by molar-refractivity contribution is -0.121. The van der Waals surface area contributed by atoms with Crippen LogP contribution < -0.4 is 10.1 Å². The lowest BCUT2D eigenvalue weighted by Gasteiger charge is -2.25. The molecular formula is C17H26FNO2. The average Bonchev–Trinajstić information content (AvgIpc) is 2.40. The van der Waals surface area contributed by atoms with Crippen molar-refractivity contribution in [3.63, 3.8) is 0 Å². The van der Waals surface area contributed by atoms with Crippen LogP contribution in [0.25, 0.3) is 0 Å². The topological polar surface area (TPSA) is 38.3 Å². The Kier molecular flexibility index (Phi) is 7.20. The third kappa shape index (κ3) is 6.15. The van der Waals surface area contributed by atoms with Crippen LogP contribution in [0.3, 0.4) is 0 Å². The summed E-state index contributed by atoms with van der Waals surface area (Å²) in [5.41, 5.74) is 0. The molecule has 0 aromatic heterocycles. The van der Waals surface area contributed by atoms with Crippen molar-refractivity contribution >= 4 is 5.91 Å². The van der Waals surface area contributed by atoms with Crippen LogP contribution in [0.15, 0.2) is 24.3 Å². The number of carbonyl (C=O) groups excluding carboxylic acids is 1. The molecule has 0 atom stereocenters. The molecule has 0 bridgehead atoms. The van der Waals surface area contributed by atoms with Gasteiger partial charge in [-0.2, -0.15) is 0 Å². The molecule has 1 amide bonds. The molecule has 0 fully saturated rings. The maximum Gasteiger partial charge on any atom is 0.223 e. The molecule has 0 unspecified atom stereocenters. The fraction of sp³-hybridized carbons (Fsp3) is 0.588. The van der Waals surface area contributed by atoms with Crippen molar-refractivity contribution in [1.82, 2.24) is 5.32 Å². The molecule has 0 heterocycles. The number of amides is 1. The number of ether oxygens (including phenoxy) is 1. The number of carbonyl (C=O) groups is 1. The van der Waals surface area contributed by atoms with E-state index < -0.39 is 5.82 Å². The second-order valence-electron chi connectivity index (χ2n) is 5.98. The monoisotopic (exact) mass is 295 g/mol. The van der Waals surface area contributed by atoms with E-state index in [1.165, 1.54) is 6.07 Å². The molecule has 4 heteroatoms. The van der Waals surface area contributed by atoms with Gasteiger partial charge in [-0.3, -0.25) is 4.79 Å². The molecule has 1 aromatic rings. The summed E-state index contributed by atoms with van der Waals surface area (Å²) in [4.78, 5) is 11.8. The first-order valence-corrected chi connectivity index (χ1v) is 7.55. The van der Waals surface area contributed by atoms with E-state index in [-0.39, 0.29) is 24.7 Å². The molecule has 1 rings (SSSR count). The Labute approximate surface area is 126 Å². The number of hydrogen-bond donors (Lipinski definition) is 1. The molecule has 1 N–H and O–H groups in total. The average molecular weight is 295 g/mol. The second kappa shape index (κ2) is 8.65. The molecule has 0 aliphatic heterocycles. The van der Waals surface area contributed by atoms with E-state index in [2.05, 4.69) is 33.0 Å². The smallest absolute Gasteiger partial charge is 0.223 e. The highest BCUT2D eigenvalue weighted by Gasteiger charge is 2.18. The zero-order chi connectivity index (χ0) is 15.8. The minimum Gasteiger partial charge on any atom is -0.490 e. The first-order chi connectivity index (χ1) is 9.91. The molecule has 3 nitrogen and oxygen atoms in total. The van der Waals surface area contributed by atoms with Crippen molar-refractivity contribution < 1.29 is 13.9 Å². The van der Waals surface area contributed by atoms with E-state index in [9.17, 15) is 9.18 Å². The predicted molar refractivity (Wildman–Crippen MR) is 82.7 cm³/mol.